The average Bonchev–Trinajstić information content (AvgIpc) is 3.27. The molecule has 33 heavy (non-hydrogen) atoms. The Morgan fingerprint density at radius 3 is 2.67 bits per heavy atom. The van der Waals surface area contributed by atoms with Crippen LogP contribution >= 0.6 is 11.6 Å². The third-order valence-electron chi connectivity index (χ3n) is 6.79. The van der Waals surface area contributed by atoms with Crippen molar-refractivity contribution in [3.63, 3.8) is 0 Å². The Morgan fingerprint density at radius 1 is 1.12 bits per heavy atom. The zero-order valence-electron chi connectivity index (χ0n) is 19.0. The van der Waals surface area contributed by atoms with Gasteiger partial charge in [0.15, 0.2) is 0 Å². The fourth-order valence-corrected chi connectivity index (χ4v) is 5.29. The summed E-state index contributed by atoms with van der Waals surface area (Å²) in [4.78, 5) is 20.1. The van der Waals surface area contributed by atoms with Gasteiger partial charge in [0.2, 0.25) is 0 Å². The lowest BCUT2D eigenvalue weighted by molar-refractivity contribution is -0.136. The Morgan fingerprint density at radius 2 is 1.94 bits per heavy atom. The van der Waals surface area contributed by atoms with E-state index in [0.717, 1.165) is 65.4 Å². The standard InChI is InChI=1S/C27H28ClN3O2/c1-18-16-30(17-29-18)25-13-6-19(15-26(25)33-2)14-21-9-12-23-4-3-5-24(31(23)27(21)32)20-7-10-22(28)11-8-20/h6-8,10-11,13-17,23-24H,3-5,9,12H2,1-2H3/b21-14+. The molecule has 0 bridgehead atoms. The molecular formula is C27H28ClN3O2. The Labute approximate surface area is 199 Å². The Hall–Kier alpha value is -3.05. The van der Waals surface area contributed by atoms with E-state index in [9.17, 15) is 4.79 Å². The van der Waals surface area contributed by atoms with E-state index in [0.29, 0.717) is 6.04 Å². The first-order valence-corrected chi connectivity index (χ1v) is 11.9. The second-order valence-corrected chi connectivity index (χ2v) is 9.36. The van der Waals surface area contributed by atoms with Gasteiger partial charge in [0.05, 0.1) is 30.9 Å². The number of nitrogens with zero attached hydrogens (tertiary/aromatic N) is 3. The van der Waals surface area contributed by atoms with E-state index in [1.807, 2.05) is 54.1 Å². The van der Waals surface area contributed by atoms with E-state index in [1.54, 1.807) is 13.4 Å². The number of rotatable bonds is 4. The number of aryl methyl sites for hydroxylation is 1. The summed E-state index contributed by atoms with van der Waals surface area (Å²) >= 11 is 6.10. The molecule has 0 spiro atoms. The summed E-state index contributed by atoms with van der Waals surface area (Å²) in [6.45, 7) is 1.96. The second kappa shape index (κ2) is 9.06. The lowest BCUT2D eigenvalue weighted by Crippen LogP contribution is -2.49. The number of imidazole rings is 1. The van der Waals surface area contributed by atoms with E-state index >= 15 is 0 Å². The molecule has 5 nitrogen and oxygen atoms in total. The van der Waals surface area contributed by atoms with Crippen LogP contribution in [0.1, 0.15) is 55.0 Å². The zero-order chi connectivity index (χ0) is 22.9. The number of fused-ring (bicyclic) bond motifs is 1. The largest absolute Gasteiger partial charge is 0.495 e. The van der Waals surface area contributed by atoms with Crippen LogP contribution in [0.2, 0.25) is 5.02 Å². The first kappa shape index (κ1) is 21.8. The van der Waals surface area contributed by atoms with Crippen molar-refractivity contribution in [2.24, 2.45) is 0 Å². The molecule has 0 N–H and O–H groups in total. The molecule has 1 amide bonds. The first-order chi connectivity index (χ1) is 16.0. The van der Waals surface area contributed by atoms with Crippen molar-refractivity contribution >= 4 is 23.6 Å². The number of amides is 1. The molecule has 6 heteroatoms. The van der Waals surface area contributed by atoms with Crippen molar-refractivity contribution in [3.8, 4) is 11.4 Å². The number of benzene rings is 2. The summed E-state index contributed by atoms with van der Waals surface area (Å²) in [6.07, 6.45) is 10.8. The molecule has 2 aliphatic heterocycles. The van der Waals surface area contributed by atoms with Gasteiger partial charge in [-0.15, -0.1) is 0 Å². The number of ether oxygens (including phenoxy) is 1. The minimum atomic E-state index is 0.110. The van der Waals surface area contributed by atoms with Crippen molar-refractivity contribution in [2.45, 2.75) is 51.1 Å². The quantitative estimate of drug-likeness (QED) is 0.438. The van der Waals surface area contributed by atoms with E-state index in [2.05, 4.69) is 22.0 Å². The molecule has 0 saturated carbocycles. The molecule has 2 aliphatic rings. The fraction of sp³-hybridized carbons (Fsp3) is 0.333. The van der Waals surface area contributed by atoms with Crippen molar-refractivity contribution in [1.29, 1.82) is 0 Å². The van der Waals surface area contributed by atoms with Gasteiger partial charge >= 0.3 is 0 Å². The Bertz CT molecular complexity index is 1200. The third kappa shape index (κ3) is 4.30. The summed E-state index contributed by atoms with van der Waals surface area (Å²) in [5.74, 6) is 0.902. The van der Waals surface area contributed by atoms with Crippen LogP contribution < -0.4 is 4.74 Å². The second-order valence-electron chi connectivity index (χ2n) is 8.93. The molecule has 0 radical (unpaired) electrons. The molecule has 2 unspecified atom stereocenters. The zero-order valence-corrected chi connectivity index (χ0v) is 19.8. The van der Waals surface area contributed by atoms with Gasteiger partial charge in [-0.05, 0) is 80.5 Å². The van der Waals surface area contributed by atoms with Crippen LogP contribution in [0.4, 0.5) is 0 Å². The monoisotopic (exact) mass is 461 g/mol. The molecule has 2 fully saturated rings. The van der Waals surface area contributed by atoms with Gasteiger partial charge in [0.1, 0.15) is 5.75 Å². The molecule has 5 rings (SSSR count). The van der Waals surface area contributed by atoms with Crippen LogP contribution in [0.3, 0.4) is 0 Å². The molecule has 2 aromatic carbocycles. The minimum absolute atomic E-state index is 0.110. The van der Waals surface area contributed by atoms with Gasteiger partial charge in [0, 0.05) is 22.8 Å². The van der Waals surface area contributed by atoms with Gasteiger partial charge in [-0.1, -0.05) is 29.8 Å². The SMILES string of the molecule is COc1cc(/C=C2\CCC3CCCC(c4ccc(Cl)cc4)N3C2=O)ccc1-n1cnc(C)c1. The highest BCUT2D eigenvalue weighted by molar-refractivity contribution is 6.30. The van der Waals surface area contributed by atoms with Crippen LogP contribution in [0, 0.1) is 6.92 Å². The lowest BCUT2D eigenvalue weighted by atomic mass is 9.84. The van der Waals surface area contributed by atoms with E-state index in [1.165, 1.54) is 5.56 Å². The highest BCUT2D eigenvalue weighted by Crippen LogP contribution is 2.41. The van der Waals surface area contributed by atoms with Crippen LogP contribution in [-0.4, -0.2) is 33.5 Å². The normalized spacial score (nSPS) is 21.8. The maximum Gasteiger partial charge on any atom is 0.250 e. The lowest BCUT2D eigenvalue weighted by Gasteiger charge is -2.46. The van der Waals surface area contributed by atoms with E-state index < -0.39 is 0 Å². The number of aromatic nitrogens is 2. The fourth-order valence-electron chi connectivity index (χ4n) is 5.16. The molecule has 0 aliphatic carbocycles. The average molecular weight is 462 g/mol. The maximum absolute atomic E-state index is 13.6. The Balaban J connectivity index is 1.44. The summed E-state index contributed by atoms with van der Waals surface area (Å²) in [5, 5.41) is 0.722. The van der Waals surface area contributed by atoms with Gasteiger partial charge < -0.3 is 14.2 Å². The molecule has 3 aromatic rings. The minimum Gasteiger partial charge on any atom is -0.495 e. The van der Waals surface area contributed by atoms with Crippen molar-refractivity contribution in [1.82, 2.24) is 14.5 Å². The van der Waals surface area contributed by atoms with E-state index in [4.69, 9.17) is 16.3 Å². The molecule has 1 aromatic heterocycles. The highest BCUT2D eigenvalue weighted by atomic mass is 35.5. The number of hydrogen-bond acceptors (Lipinski definition) is 3. The number of hydrogen-bond donors (Lipinski definition) is 0. The molecular weight excluding hydrogens is 434 g/mol. The van der Waals surface area contributed by atoms with Crippen molar-refractivity contribution in [3.05, 3.63) is 82.4 Å². The van der Waals surface area contributed by atoms with Gasteiger partial charge in [-0.25, -0.2) is 4.98 Å². The highest BCUT2D eigenvalue weighted by Gasteiger charge is 2.39. The van der Waals surface area contributed by atoms with Crippen LogP contribution in [0.25, 0.3) is 11.8 Å². The summed E-state index contributed by atoms with van der Waals surface area (Å²) in [6, 6.07) is 14.4. The number of piperidine rings is 2. The van der Waals surface area contributed by atoms with Crippen LogP contribution in [-0.2, 0) is 4.79 Å². The number of methoxy groups -OCH3 is 1. The van der Waals surface area contributed by atoms with Crippen molar-refractivity contribution in [2.75, 3.05) is 7.11 Å². The molecule has 3 heterocycles. The number of carbonyl (C=O) groups excluding carboxylic acids is 1. The van der Waals surface area contributed by atoms with Crippen LogP contribution in [0.5, 0.6) is 5.75 Å². The third-order valence-corrected chi connectivity index (χ3v) is 7.04. The van der Waals surface area contributed by atoms with Gasteiger partial charge in [0.25, 0.3) is 5.91 Å². The predicted octanol–water partition coefficient (Wildman–Crippen LogP) is 6.14. The van der Waals surface area contributed by atoms with Gasteiger partial charge in [-0.2, -0.15) is 0 Å². The maximum atomic E-state index is 13.6. The first-order valence-electron chi connectivity index (χ1n) is 11.5. The molecule has 170 valence electrons. The number of carbonyl (C=O) groups is 1. The number of halogens is 1. The molecule has 2 saturated heterocycles. The Kier molecular flexibility index (Phi) is 5.98. The summed E-state index contributed by atoms with van der Waals surface area (Å²) < 4.78 is 7.60. The summed E-state index contributed by atoms with van der Waals surface area (Å²) in [7, 11) is 1.67. The predicted molar refractivity (Wildman–Crippen MR) is 131 cm³/mol. The van der Waals surface area contributed by atoms with Gasteiger partial charge in [-0.3, -0.25) is 4.79 Å². The topological polar surface area (TPSA) is 47.4 Å². The van der Waals surface area contributed by atoms with Crippen LogP contribution in [0.15, 0.2) is 60.6 Å². The molecule has 2 atom stereocenters. The van der Waals surface area contributed by atoms with Crippen molar-refractivity contribution < 1.29 is 9.53 Å². The smallest absolute Gasteiger partial charge is 0.250 e. The van der Waals surface area contributed by atoms with E-state index in [-0.39, 0.29) is 11.9 Å². The summed E-state index contributed by atoms with van der Waals surface area (Å²) in [5.41, 5.74) is 4.87.